The van der Waals surface area contributed by atoms with E-state index in [1.807, 2.05) is 0 Å². The van der Waals surface area contributed by atoms with Crippen LogP contribution in [0.3, 0.4) is 0 Å². The van der Waals surface area contributed by atoms with Gasteiger partial charge in [0.25, 0.3) is 11.6 Å². The summed E-state index contributed by atoms with van der Waals surface area (Å²) in [5.74, 6) is 0.160. The number of carbonyl (C=O) groups excluding carboxylic acids is 1. The molecule has 1 aliphatic heterocycles. The molecule has 0 aliphatic carbocycles. The molecular weight excluding hydrogens is 318 g/mol. The van der Waals surface area contributed by atoms with Crippen molar-refractivity contribution in [2.75, 3.05) is 19.6 Å². The van der Waals surface area contributed by atoms with Gasteiger partial charge in [0.1, 0.15) is 5.02 Å². The number of nitrogens with zero attached hydrogens (tertiary/aromatic N) is 2. The van der Waals surface area contributed by atoms with Gasteiger partial charge in [-0.3, -0.25) is 14.9 Å². The minimum absolute atomic E-state index is 0.0348. The highest BCUT2D eigenvalue weighted by Gasteiger charge is 2.22. The molecule has 0 atom stereocenters. The Labute approximate surface area is 141 Å². The summed E-state index contributed by atoms with van der Waals surface area (Å²) in [6, 6.07) is 4.67. The zero-order valence-corrected chi connectivity index (χ0v) is 14.2. The molecule has 1 saturated heterocycles. The molecule has 7 heteroatoms. The van der Waals surface area contributed by atoms with Gasteiger partial charge in [0.2, 0.25) is 0 Å². The number of piperidine rings is 1. The van der Waals surface area contributed by atoms with Crippen LogP contribution >= 0.6 is 11.6 Å². The maximum Gasteiger partial charge on any atom is 0.288 e. The van der Waals surface area contributed by atoms with Crippen molar-refractivity contribution in [1.29, 1.82) is 0 Å². The smallest absolute Gasteiger partial charge is 0.288 e. The Balaban J connectivity index is 1.88. The van der Waals surface area contributed by atoms with Gasteiger partial charge in [-0.1, -0.05) is 11.6 Å². The van der Waals surface area contributed by atoms with E-state index in [0.717, 1.165) is 25.9 Å². The monoisotopic (exact) mass is 339 g/mol. The summed E-state index contributed by atoms with van der Waals surface area (Å²) < 4.78 is 0. The zero-order valence-electron chi connectivity index (χ0n) is 13.4. The number of carbonyl (C=O) groups is 1. The van der Waals surface area contributed by atoms with Crippen LogP contribution < -0.4 is 5.32 Å². The molecule has 1 aliphatic rings. The van der Waals surface area contributed by atoms with Crippen LogP contribution in [-0.4, -0.2) is 41.4 Å². The van der Waals surface area contributed by atoms with Crippen LogP contribution in [0.4, 0.5) is 5.69 Å². The van der Waals surface area contributed by atoms with E-state index >= 15 is 0 Å². The minimum atomic E-state index is -0.583. The molecule has 1 heterocycles. The Morgan fingerprint density at radius 1 is 1.43 bits per heavy atom. The molecule has 1 aromatic rings. The minimum Gasteiger partial charge on any atom is -0.352 e. The van der Waals surface area contributed by atoms with E-state index in [-0.39, 0.29) is 22.2 Å². The van der Waals surface area contributed by atoms with Crippen LogP contribution in [0.15, 0.2) is 18.2 Å². The van der Waals surface area contributed by atoms with Gasteiger partial charge < -0.3 is 10.2 Å². The van der Waals surface area contributed by atoms with Gasteiger partial charge in [0.15, 0.2) is 0 Å². The fourth-order valence-corrected chi connectivity index (χ4v) is 2.99. The summed E-state index contributed by atoms with van der Waals surface area (Å²) in [6.45, 7) is 7.07. The Morgan fingerprint density at radius 2 is 2.09 bits per heavy atom. The van der Waals surface area contributed by atoms with Crippen molar-refractivity contribution < 1.29 is 9.72 Å². The summed E-state index contributed by atoms with van der Waals surface area (Å²) in [6.07, 6.45) is 2.11. The molecule has 1 N–H and O–H groups in total. The van der Waals surface area contributed by atoms with E-state index < -0.39 is 4.92 Å². The third-order valence-electron chi connectivity index (χ3n) is 4.34. The van der Waals surface area contributed by atoms with E-state index in [9.17, 15) is 14.9 Å². The van der Waals surface area contributed by atoms with E-state index in [0.29, 0.717) is 18.5 Å². The molecule has 1 aromatic carbocycles. The SMILES string of the molecule is CC(C)N1CCC(CNC(=O)c2ccc(Cl)c([N+](=O)[O-])c2)CC1. The van der Waals surface area contributed by atoms with Gasteiger partial charge in [0, 0.05) is 24.2 Å². The number of nitrogens with one attached hydrogen (secondary N) is 1. The largest absolute Gasteiger partial charge is 0.352 e. The lowest BCUT2D eigenvalue weighted by Gasteiger charge is -2.34. The standard InChI is InChI=1S/C16H22ClN3O3/c1-11(2)19-7-5-12(6-8-19)10-18-16(21)13-3-4-14(17)15(9-13)20(22)23/h3-4,9,11-12H,5-8,10H2,1-2H3,(H,18,21). The number of likely N-dealkylation sites (tertiary alicyclic amines) is 1. The van der Waals surface area contributed by atoms with Crippen LogP contribution in [0.5, 0.6) is 0 Å². The lowest BCUT2D eigenvalue weighted by atomic mass is 9.96. The Kier molecular flexibility index (Phi) is 5.96. The molecule has 0 bridgehead atoms. The van der Waals surface area contributed by atoms with Crippen molar-refractivity contribution in [3.05, 3.63) is 38.9 Å². The quantitative estimate of drug-likeness (QED) is 0.660. The Morgan fingerprint density at radius 3 is 2.65 bits per heavy atom. The second-order valence-electron chi connectivity index (χ2n) is 6.21. The maximum absolute atomic E-state index is 12.2. The van der Waals surface area contributed by atoms with Gasteiger partial charge in [-0.05, 0) is 57.8 Å². The number of amides is 1. The molecule has 0 aromatic heterocycles. The highest BCUT2D eigenvalue weighted by molar-refractivity contribution is 6.32. The topological polar surface area (TPSA) is 75.5 Å². The number of hydrogen-bond acceptors (Lipinski definition) is 4. The van der Waals surface area contributed by atoms with Crippen molar-refractivity contribution in [3.63, 3.8) is 0 Å². The zero-order chi connectivity index (χ0) is 17.0. The van der Waals surface area contributed by atoms with E-state index in [2.05, 4.69) is 24.1 Å². The average molecular weight is 340 g/mol. The van der Waals surface area contributed by atoms with Gasteiger partial charge in [-0.2, -0.15) is 0 Å². The fourth-order valence-electron chi connectivity index (χ4n) is 2.81. The van der Waals surface area contributed by atoms with Crippen LogP contribution in [-0.2, 0) is 0 Å². The van der Waals surface area contributed by atoms with Gasteiger partial charge in [0.05, 0.1) is 4.92 Å². The highest BCUT2D eigenvalue weighted by atomic mass is 35.5. The summed E-state index contributed by atoms with van der Waals surface area (Å²) in [4.78, 5) is 24.9. The first-order chi connectivity index (χ1) is 10.9. The molecule has 126 valence electrons. The first-order valence-electron chi connectivity index (χ1n) is 7.84. The molecule has 6 nitrogen and oxygen atoms in total. The van der Waals surface area contributed by atoms with Crippen LogP contribution in [0, 0.1) is 16.0 Å². The maximum atomic E-state index is 12.2. The first-order valence-corrected chi connectivity index (χ1v) is 8.22. The van der Waals surface area contributed by atoms with Crippen LogP contribution in [0.2, 0.25) is 5.02 Å². The number of benzene rings is 1. The van der Waals surface area contributed by atoms with Crippen molar-refractivity contribution in [1.82, 2.24) is 10.2 Å². The summed E-state index contributed by atoms with van der Waals surface area (Å²) >= 11 is 5.76. The van der Waals surface area contributed by atoms with Crippen molar-refractivity contribution >= 4 is 23.2 Å². The number of nitro benzene ring substituents is 1. The van der Waals surface area contributed by atoms with Crippen molar-refractivity contribution in [2.45, 2.75) is 32.7 Å². The van der Waals surface area contributed by atoms with Gasteiger partial charge >= 0.3 is 0 Å². The van der Waals surface area contributed by atoms with E-state index in [4.69, 9.17) is 11.6 Å². The summed E-state index contributed by atoms with van der Waals surface area (Å²) in [7, 11) is 0. The summed E-state index contributed by atoms with van der Waals surface area (Å²) in [5, 5.41) is 13.8. The molecular formula is C16H22ClN3O3. The number of hydrogen-bond donors (Lipinski definition) is 1. The molecule has 0 saturated carbocycles. The average Bonchev–Trinajstić information content (AvgIpc) is 2.53. The van der Waals surface area contributed by atoms with Gasteiger partial charge in [-0.25, -0.2) is 0 Å². The van der Waals surface area contributed by atoms with E-state index in [1.54, 1.807) is 0 Å². The molecule has 23 heavy (non-hydrogen) atoms. The second-order valence-corrected chi connectivity index (χ2v) is 6.61. The summed E-state index contributed by atoms with van der Waals surface area (Å²) in [5.41, 5.74) is 0.0188. The predicted octanol–water partition coefficient (Wildman–Crippen LogP) is 3.10. The first kappa shape index (κ1) is 17.7. The molecule has 0 unspecified atom stereocenters. The van der Waals surface area contributed by atoms with Gasteiger partial charge in [-0.15, -0.1) is 0 Å². The Hall–Kier alpha value is -1.66. The third-order valence-corrected chi connectivity index (χ3v) is 4.66. The molecule has 0 radical (unpaired) electrons. The molecule has 1 fully saturated rings. The van der Waals surface area contributed by atoms with E-state index in [1.165, 1.54) is 18.2 Å². The van der Waals surface area contributed by atoms with Crippen LogP contribution in [0.25, 0.3) is 0 Å². The highest BCUT2D eigenvalue weighted by Crippen LogP contribution is 2.25. The van der Waals surface area contributed by atoms with Crippen LogP contribution in [0.1, 0.15) is 37.0 Å². The number of rotatable bonds is 5. The molecule has 2 rings (SSSR count). The predicted molar refractivity (Wildman–Crippen MR) is 89.9 cm³/mol. The number of nitro groups is 1. The molecule has 1 amide bonds. The number of halogens is 1. The normalized spacial score (nSPS) is 16.5. The lowest BCUT2D eigenvalue weighted by Crippen LogP contribution is -2.41. The second kappa shape index (κ2) is 7.75. The molecule has 0 spiro atoms. The Bertz CT molecular complexity index is 584. The van der Waals surface area contributed by atoms with Crippen molar-refractivity contribution in [3.8, 4) is 0 Å². The third kappa shape index (κ3) is 4.65. The van der Waals surface area contributed by atoms with Crippen molar-refractivity contribution in [2.24, 2.45) is 5.92 Å². The lowest BCUT2D eigenvalue weighted by molar-refractivity contribution is -0.384. The fraction of sp³-hybridized carbons (Fsp3) is 0.562.